The molecule has 0 N–H and O–H groups in total. The van der Waals surface area contributed by atoms with Crippen LogP contribution < -0.4 is 4.87 Å². The maximum absolute atomic E-state index is 12.4. The van der Waals surface area contributed by atoms with Crippen LogP contribution in [0.4, 0.5) is 8.78 Å². The minimum Gasteiger partial charge on any atom is -0.337 e. The van der Waals surface area contributed by atoms with Gasteiger partial charge in [0.05, 0.1) is 6.54 Å². The summed E-state index contributed by atoms with van der Waals surface area (Å²) in [5.74, 6) is -0.331. The molecule has 1 aromatic heterocycles. The maximum atomic E-state index is 12.4. The summed E-state index contributed by atoms with van der Waals surface area (Å²) < 4.78 is 26.4. The molecule has 20 heavy (non-hydrogen) atoms. The van der Waals surface area contributed by atoms with Crippen molar-refractivity contribution >= 4 is 17.2 Å². The Morgan fingerprint density at radius 3 is 2.50 bits per heavy atom. The van der Waals surface area contributed by atoms with E-state index in [2.05, 4.69) is 0 Å². The largest absolute Gasteiger partial charge is 0.337 e. The Hall–Kier alpha value is -1.24. The first-order valence-electron chi connectivity index (χ1n) is 6.59. The lowest BCUT2D eigenvalue weighted by atomic mass is 10.3. The Morgan fingerprint density at radius 1 is 1.40 bits per heavy atom. The van der Waals surface area contributed by atoms with Crippen LogP contribution in [0.25, 0.3) is 0 Å². The number of alkyl halides is 2. The van der Waals surface area contributed by atoms with Crippen LogP contribution in [-0.2, 0) is 11.3 Å². The van der Waals surface area contributed by atoms with Crippen LogP contribution in [-0.4, -0.2) is 34.9 Å². The number of rotatable bonds is 7. The monoisotopic (exact) mass is 306 g/mol. The van der Waals surface area contributed by atoms with Gasteiger partial charge in [0.25, 0.3) is 6.43 Å². The molecule has 1 amide bonds. The summed E-state index contributed by atoms with van der Waals surface area (Å²) in [6.07, 6.45) is -1.82. The summed E-state index contributed by atoms with van der Waals surface area (Å²) in [5, 5.41) is 0. The van der Waals surface area contributed by atoms with Crippen molar-refractivity contribution in [3.63, 3.8) is 0 Å². The number of hydrogen-bond acceptors (Lipinski definition) is 3. The van der Waals surface area contributed by atoms with Gasteiger partial charge < -0.3 is 9.47 Å². The van der Waals surface area contributed by atoms with Crippen molar-refractivity contribution in [1.82, 2.24) is 9.47 Å². The Labute approximate surface area is 121 Å². The maximum Gasteiger partial charge on any atom is 0.307 e. The molecule has 0 saturated carbocycles. The van der Waals surface area contributed by atoms with Crippen molar-refractivity contribution < 1.29 is 13.6 Å². The van der Waals surface area contributed by atoms with E-state index in [4.69, 9.17) is 0 Å². The van der Waals surface area contributed by atoms with Gasteiger partial charge in [0.2, 0.25) is 5.91 Å². The molecule has 0 aliphatic rings. The fourth-order valence-electron chi connectivity index (χ4n) is 1.97. The van der Waals surface area contributed by atoms with Gasteiger partial charge in [-0.3, -0.25) is 9.59 Å². The summed E-state index contributed by atoms with van der Waals surface area (Å²) in [6.45, 7) is 5.53. The summed E-state index contributed by atoms with van der Waals surface area (Å²) in [6, 6.07) is 0. The summed E-state index contributed by atoms with van der Waals surface area (Å²) in [5.41, 5.74) is 0.837. The average Bonchev–Trinajstić information content (AvgIpc) is 2.60. The third kappa shape index (κ3) is 4.40. The lowest BCUT2D eigenvalue weighted by molar-refractivity contribution is -0.133. The number of aromatic nitrogens is 1. The number of carbonyl (C=O) groups excluding carboxylic acids is 1. The Bertz CT molecular complexity index is 511. The highest BCUT2D eigenvalue weighted by molar-refractivity contribution is 7.09. The zero-order valence-electron chi connectivity index (χ0n) is 12.0. The molecule has 0 spiro atoms. The van der Waals surface area contributed by atoms with Crippen LogP contribution in [0.2, 0.25) is 0 Å². The average molecular weight is 306 g/mol. The van der Waals surface area contributed by atoms with Gasteiger partial charge in [-0.1, -0.05) is 18.3 Å². The predicted octanol–water partition coefficient (Wildman–Crippen LogP) is 2.42. The molecule has 1 heterocycles. The first-order chi connectivity index (χ1) is 9.36. The highest BCUT2D eigenvalue weighted by atomic mass is 32.1. The van der Waals surface area contributed by atoms with Crippen molar-refractivity contribution in [3.05, 3.63) is 20.2 Å². The van der Waals surface area contributed by atoms with E-state index < -0.39 is 13.0 Å². The van der Waals surface area contributed by atoms with E-state index in [0.717, 1.165) is 21.9 Å². The molecule has 0 aliphatic heterocycles. The molecule has 0 unspecified atom stereocenters. The van der Waals surface area contributed by atoms with Crippen molar-refractivity contribution in [3.8, 4) is 0 Å². The molecule has 7 heteroatoms. The number of nitrogens with zero attached hydrogens (tertiary/aromatic N) is 2. The smallest absolute Gasteiger partial charge is 0.307 e. The summed E-state index contributed by atoms with van der Waals surface area (Å²) >= 11 is 1.14. The molecule has 0 radical (unpaired) electrons. The van der Waals surface area contributed by atoms with E-state index in [1.807, 2.05) is 20.8 Å². The lowest BCUT2D eigenvalue weighted by Gasteiger charge is -2.21. The van der Waals surface area contributed by atoms with E-state index in [0.29, 0.717) is 13.0 Å². The molecule has 0 atom stereocenters. The standard InChI is InChI=1S/C13H20F2N2O2S/c1-4-6-16(8-11(14)15)12(18)5-7-17-9(2)10(3)20-13(17)19/h11H,4-8H2,1-3H3. The molecule has 1 aromatic rings. The highest BCUT2D eigenvalue weighted by Crippen LogP contribution is 2.10. The summed E-state index contributed by atoms with van der Waals surface area (Å²) in [4.78, 5) is 25.6. The van der Waals surface area contributed by atoms with Gasteiger partial charge in [0.15, 0.2) is 0 Å². The van der Waals surface area contributed by atoms with E-state index in [1.54, 1.807) is 0 Å². The SMILES string of the molecule is CCCN(CC(F)F)C(=O)CCn1c(C)c(C)sc1=O. The summed E-state index contributed by atoms with van der Waals surface area (Å²) in [7, 11) is 0. The fraction of sp³-hybridized carbons (Fsp3) is 0.692. The molecule has 0 saturated heterocycles. The second-order valence-electron chi connectivity index (χ2n) is 4.64. The Balaban J connectivity index is 2.67. The van der Waals surface area contributed by atoms with E-state index in [-0.39, 0.29) is 23.7 Å². The number of amides is 1. The first kappa shape index (κ1) is 16.8. The number of halogens is 2. The van der Waals surface area contributed by atoms with Crippen molar-refractivity contribution in [2.75, 3.05) is 13.1 Å². The minimum atomic E-state index is -2.53. The Morgan fingerprint density at radius 2 is 2.05 bits per heavy atom. The quantitative estimate of drug-likeness (QED) is 0.776. The van der Waals surface area contributed by atoms with Crippen molar-refractivity contribution in [2.45, 2.75) is 46.6 Å². The normalized spacial score (nSPS) is 11.1. The van der Waals surface area contributed by atoms with Crippen LogP contribution in [0, 0.1) is 13.8 Å². The van der Waals surface area contributed by atoms with Crippen molar-refractivity contribution in [2.24, 2.45) is 0 Å². The fourth-order valence-corrected chi connectivity index (χ4v) is 2.82. The number of hydrogen-bond donors (Lipinski definition) is 0. The van der Waals surface area contributed by atoms with Gasteiger partial charge in [0.1, 0.15) is 0 Å². The predicted molar refractivity (Wildman–Crippen MR) is 75.5 cm³/mol. The zero-order chi connectivity index (χ0) is 15.3. The first-order valence-corrected chi connectivity index (χ1v) is 7.41. The van der Waals surface area contributed by atoms with Gasteiger partial charge in [-0.15, -0.1) is 0 Å². The van der Waals surface area contributed by atoms with Crippen LogP contribution >= 0.6 is 11.3 Å². The van der Waals surface area contributed by atoms with E-state index in [1.165, 1.54) is 9.47 Å². The molecule has 0 aliphatic carbocycles. The van der Waals surface area contributed by atoms with Gasteiger partial charge in [0, 0.05) is 30.1 Å². The molecular weight excluding hydrogens is 286 g/mol. The van der Waals surface area contributed by atoms with Crippen LogP contribution in [0.15, 0.2) is 4.79 Å². The van der Waals surface area contributed by atoms with Gasteiger partial charge in [-0.2, -0.15) is 0 Å². The third-order valence-corrected chi connectivity index (χ3v) is 4.13. The number of thiazole rings is 1. The van der Waals surface area contributed by atoms with Gasteiger partial charge >= 0.3 is 4.87 Å². The molecule has 0 bridgehead atoms. The molecular formula is C13H20F2N2O2S. The molecule has 1 rings (SSSR count). The highest BCUT2D eigenvalue weighted by Gasteiger charge is 2.18. The van der Waals surface area contributed by atoms with Gasteiger partial charge in [-0.25, -0.2) is 8.78 Å². The lowest BCUT2D eigenvalue weighted by Crippen LogP contribution is -2.36. The minimum absolute atomic E-state index is 0.0731. The second-order valence-corrected chi connectivity index (χ2v) is 5.81. The molecule has 0 aromatic carbocycles. The molecule has 114 valence electrons. The van der Waals surface area contributed by atoms with Crippen molar-refractivity contribution in [1.29, 1.82) is 0 Å². The topological polar surface area (TPSA) is 42.3 Å². The van der Waals surface area contributed by atoms with E-state index >= 15 is 0 Å². The second kappa shape index (κ2) is 7.52. The Kier molecular flexibility index (Phi) is 6.32. The number of carbonyl (C=O) groups is 1. The van der Waals surface area contributed by atoms with E-state index in [9.17, 15) is 18.4 Å². The van der Waals surface area contributed by atoms with Gasteiger partial charge in [-0.05, 0) is 20.3 Å². The van der Waals surface area contributed by atoms with Crippen LogP contribution in [0.1, 0.15) is 30.3 Å². The van der Waals surface area contributed by atoms with Crippen LogP contribution in [0.5, 0.6) is 0 Å². The molecule has 4 nitrogen and oxygen atoms in total. The number of aryl methyl sites for hydroxylation is 1. The molecule has 0 fully saturated rings. The van der Waals surface area contributed by atoms with Crippen LogP contribution in [0.3, 0.4) is 0 Å². The third-order valence-electron chi connectivity index (χ3n) is 3.13. The zero-order valence-corrected chi connectivity index (χ0v) is 12.8.